The van der Waals surface area contributed by atoms with E-state index in [2.05, 4.69) is 30.3 Å². The number of amidine groups is 1. The van der Waals surface area contributed by atoms with Gasteiger partial charge < -0.3 is 14.8 Å². The SMILES string of the molecule is COc1nc(-c2cccc(-c3cccc(-c4cnc(C5=NCCN5)c(OC)n4)c3Cl)c2Cl)cnc1C1=NCCC1. The van der Waals surface area contributed by atoms with Crippen LogP contribution >= 0.6 is 23.2 Å². The Kier molecular flexibility index (Phi) is 7.32. The van der Waals surface area contributed by atoms with Gasteiger partial charge in [0.1, 0.15) is 5.69 Å². The van der Waals surface area contributed by atoms with Crippen molar-refractivity contribution in [3.8, 4) is 45.4 Å². The summed E-state index contributed by atoms with van der Waals surface area (Å²) < 4.78 is 11.1. The summed E-state index contributed by atoms with van der Waals surface area (Å²) >= 11 is 14.0. The number of aliphatic imine (C=N–C) groups is 2. The first kappa shape index (κ1) is 26.2. The second kappa shape index (κ2) is 11.2. The number of halogens is 2. The van der Waals surface area contributed by atoms with Crippen LogP contribution in [0.4, 0.5) is 0 Å². The highest BCUT2D eigenvalue weighted by atomic mass is 35.5. The summed E-state index contributed by atoms with van der Waals surface area (Å²) in [5.74, 6) is 1.46. The molecule has 0 unspecified atom stereocenters. The lowest BCUT2D eigenvalue weighted by molar-refractivity contribution is 0.395. The first-order valence-electron chi connectivity index (χ1n) is 12.8. The van der Waals surface area contributed by atoms with Crippen LogP contribution in [0, 0.1) is 0 Å². The molecule has 2 aliphatic heterocycles. The molecule has 40 heavy (non-hydrogen) atoms. The second-order valence-corrected chi connectivity index (χ2v) is 9.91. The van der Waals surface area contributed by atoms with E-state index in [-0.39, 0.29) is 0 Å². The highest BCUT2D eigenvalue weighted by Crippen LogP contribution is 2.42. The van der Waals surface area contributed by atoms with Crippen molar-refractivity contribution in [2.75, 3.05) is 33.9 Å². The van der Waals surface area contributed by atoms with Gasteiger partial charge >= 0.3 is 0 Å². The van der Waals surface area contributed by atoms with E-state index in [1.807, 2.05) is 36.4 Å². The molecule has 0 fully saturated rings. The summed E-state index contributed by atoms with van der Waals surface area (Å²) in [6, 6.07) is 11.4. The van der Waals surface area contributed by atoms with Gasteiger partial charge in [-0.05, 0) is 12.8 Å². The number of ether oxygens (including phenoxy) is 2. The fourth-order valence-electron chi connectivity index (χ4n) is 4.81. The number of methoxy groups -OCH3 is 2. The van der Waals surface area contributed by atoms with E-state index in [0.29, 0.717) is 68.1 Å². The van der Waals surface area contributed by atoms with Gasteiger partial charge in [-0.1, -0.05) is 59.6 Å². The van der Waals surface area contributed by atoms with Gasteiger partial charge in [0, 0.05) is 35.3 Å². The molecule has 6 rings (SSSR count). The van der Waals surface area contributed by atoms with E-state index < -0.39 is 0 Å². The summed E-state index contributed by atoms with van der Waals surface area (Å²) in [7, 11) is 3.14. The molecule has 1 N–H and O–H groups in total. The average molecular weight is 574 g/mol. The third-order valence-corrected chi connectivity index (χ3v) is 7.57. The number of hydrogen-bond donors (Lipinski definition) is 1. The van der Waals surface area contributed by atoms with Crippen LogP contribution in [-0.2, 0) is 0 Å². The van der Waals surface area contributed by atoms with Crippen molar-refractivity contribution in [1.29, 1.82) is 0 Å². The topological polar surface area (TPSA) is 107 Å². The maximum Gasteiger partial charge on any atom is 0.244 e. The first-order chi connectivity index (χ1) is 19.6. The maximum absolute atomic E-state index is 6.99. The normalized spacial score (nSPS) is 14.5. The van der Waals surface area contributed by atoms with Gasteiger partial charge in [0.15, 0.2) is 11.5 Å². The molecule has 11 heteroatoms. The van der Waals surface area contributed by atoms with Gasteiger partial charge in [0.2, 0.25) is 11.8 Å². The molecule has 0 radical (unpaired) electrons. The van der Waals surface area contributed by atoms with Gasteiger partial charge in [-0.2, -0.15) is 0 Å². The molecule has 0 amide bonds. The third-order valence-electron chi connectivity index (χ3n) is 6.75. The number of nitrogens with one attached hydrogen (secondary N) is 1. The summed E-state index contributed by atoms with van der Waals surface area (Å²) in [5.41, 5.74) is 6.21. The Morgan fingerprint density at radius 3 is 1.82 bits per heavy atom. The molecule has 0 saturated carbocycles. The van der Waals surface area contributed by atoms with Crippen molar-refractivity contribution in [3.63, 3.8) is 0 Å². The zero-order valence-electron chi connectivity index (χ0n) is 21.9. The molecule has 2 aromatic heterocycles. The molecule has 4 heterocycles. The van der Waals surface area contributed by atoms with Gasteiger partial charge in [0.25, 0.3) is 0 Å². The quantitative estimate of drug-likeness (QED) is 0.310. The monoisotopic (exact) mass is 573 g/mol. The predicted molar refractivity (Wildman–Crippen MR) is 157 cm³/mol. The fourth-order valence-corrected chi connectivity index (χ4v) is 5.46. The number of hydrogen-bond acceptors (Lipinski definition) is 9. The highest BCUT2D eigenvalue weighted by molar-refractivity contribution is 6.39. The predicted octanol–water partition coefficient (Wildman–Crippen LogP) is 5.52. The van der Waals surface area contributed by atoms with Crippen molar-refractivity contribution >= 4 is 34.7 Å². The van der Waals surface area contributed by atoms with Crippen molar-refractivity contribution in [3.05, 3.63) is 70.2 Å². The summed E-state index contributed by atoms with van der Waals surface area (Å²) in [5, 5.41) is 4.18. The molecule has 0 bridgehead atoms. The molecule has 0 atom stereocenters. The maximum atomic E-state index is 6.99. The fraction of sp³-hybridized carbons (Fsp3) is 0.241. The van der Waals surface area contributed by atoms with E-state index in [4.69, 9.17) is 37.7 Å². The van der Waals surface area contributed by atoms with Crippen molar-refractivity contribution in [1.82, 2.24) is 25.3 Å². The van der Waals surface area contributed by atoms with E-state index in [9.17, 15) is 0 Å². The van der Waals surface area contributed by atoms with E-state index >= 15 is 0 Å². The number of aromatic nitrogens is 4. The van der Waals surface area contributed by atoms with Crippen LogP contribution in [0.2, 0.25) is 10.0 Å². The molecule has 4 aromatic rings. The Morgan fingerprint density at radius 2 is 1.30 bits per heavy atom. The smallest absolute Gasteiger partial charge is 0.244 e. The lowest BCUT2D eigenvalue weighted by Crippen LogP contribution is -2.21. The Bertz CT molecular complexity index is 1550. The highest BCUT2D eigenvalue weighted by Gasteiger charge is 2.22. The standard InChI is InChI=1S/C29H25Cl2N7O2/c1-39-28-25(20-10-5-11-32-20)35-14-21(37-28)18-8-3-6-16(23(18)30)17-7-4-9-19(24(17)31)22-15-36-26(29(38-22)40-2)27-33-12-13-34-27/h3-4,6-9,14-15H,5,10-13H2,1-2H3,(H,33,34). The minimum absolute atomic E-state index is 0.367. The minimum atomic E-state index is 0.367. The van der Waals surface area contributed by atoms with Gasteiger partial charge in [-0.25, -0.2) is 19.9 Å². The molecular formula is C29H25Cl2N7O2. The Labute approximate surface area is 241 Å². The van der Waals surface area contributed by atoms with Crippen molar-refractivity contribution in [2.24, 2.45) is 9.98 Å². The molecule has 2 aromatic carbocycles. The van der Waals surface area contributed by atoms with Crippen LogP contribution in [0.1, 0.15) is 24.2 Å². The van der Waals surface area contributed by atoms with Crippen LogP contribution in [-0.4, -0.2) is 65.3 Å². The summed E-state index contributed by atoms with van der Waals surface area (Å²) in [4.78, 5) is 27.6. The molecule has 0 spiro atoms. The van der Waals surface area contributed by atoms with Crippen molar-refractivity contribution in [2.45, 2.75) is 12.8 Å². The van der Waals surface area contributed by atoms with Crippen LogP contribution in [0.5, 0.6) is 11.8 Å². The first-order valence-corrected chi connectivity index (χ1v) is 13.6. The van der Waals surface area contributed by atoms with Gasteiger partial charge in [0.05, 0.1) is 60.3 Å². The van der Waals surface area contributed by atoms with E-state index in [0.717, 1.165) is 42.8 Å². The lowest BCUT2D eigenvalue weighted by Gasteiger charge is -2.15. The zero-order valence-corrected chi connectivity index (χ0v) is 23.4. The van der Waals surface area contributed by atoms with E-state index in [1.54, 1.807) is 26.6 Å². The lowest BCUT2D eigenvalue weighted by atomic mass is 9.98. The van der Waals surface area contributed by atoms with Crippen LogP contribution in [0.25, 0.3) is 33.6 Å². The molecule has 2 aliphatic rings. The Hall–Kier alpha value is -4.08. The molecule has 0 aliphatic carbocycles. The Morgan fingerprint density at radius 1 is 0.725 bits per heavy atom. The van der Waals surface area contributed by atoms with E-state index in [1.165, 1.54) is 0 Å². The minimum Gasteiger partial charge on any atom is -0.479 e. The summed E-state index contributed by atoms with van der Waals surface area (Å²) in [6.07, 6.45) is 5.24. The Balaban J connectivity index is 1.39. The number of rotatable bonds is 7. The molecular weight excluding hydrogens is 549 g/mol. The van der Waals surface area contributed by atoms with Crippen LogP contribution < -0.4 is 14.8 Å². The van der Waals surface area contributed by atoms with Gasteiger partial charge in [-0.3, -0.25) is 9.98 Å². The third kappa shape index (κ3) is 4.76. The van der Waals surface area contributed by atoms with Gasteiger partial charge in [-0.15, -0.1) is 0 Å². The molecule has 202 valence electrons. The van der Waals surface area contributed by atoms with Crippen molar-refractivity contribution < 1.29 is 9.47 Å². The zero-order chi connectivity index (χ0) is 27.6. The molecule has 0 saturated heterocycles. The van der Waals surface area contributed by atoms with Crippen LogP contribution in [0.3, 0.4) is 0 Å². The average Bonchev–Trinajstić information content (AvgIpc) is 3.72. The largest absolute Gasteiger partial charge is 0.479 e. The summed E-state index contributed by atoms with van der Waals surface area (Å²) in [6.45, 7) is 2.24. The number of benzene rings is 2. The second-order valence-electron chi connectivity index (χ2n) is 9.15. The molecule has 9 nitrogen and oxygen atoms in total. The number of nitrogens with zero attached hydrogens (tertiary/aromatic N) is 6. The van der Waals surface area contributed by atoms with Crippen LogP contribution in [0.15, 0.2) is 58.8 Å².